The van der Waals surface area contributed by atoms with Crippen LogP contribution in [-0.4, -0.2) is 20.2 Å². The van der Waals surface area contributed by atoms with E-state index < -0.39 is 38.8 Å². The monoisotopic (exact) mass is 327 g/mol. The molecule has 3 nitrogen and oxygen atoms in total. The van der Waals surface area contributed by atoms with Gasteiger partial charge in [-0.1, -0.05) is 0 Å². The highest BCUT2D eigenvalue weighted by Crippen LogP contribution is 2.23. The van der Waals surface area contributed by atoms with Gasteiger partial charge in [0.05, 0.1) is 16.0 Å². The molecule has 0 saturated heterocycles. The summed E-state index contributed by atoms with van der Waals surface area (Å²) in [6.07, 6.45) is 0. The van der Waals surface area contributed by atoms with Crippen LogP contribution in [-0.2, 0) is 15.6 Å². The maximum atomic E-state index is 13.5. The molecule has 0 spiro atoms. The molecular weight excluding hydrogens is 316 g/mol. The zero-order valence-electron chi connectivity index (χ0n) is 9.08. The SMILES string of the molecule is CC(N)CS(=O)(=O)Cc1c(F)ccc(Br)c1F. The quantitative estimate of drug-likeness (QED) is 0.860. The second-order valence-corrected chi connectivity index (χ2v) is 6.82. The summed E-state index contributed by atoms with van der Waals surface area (Å²) in [5, 5.41) is 0. The molecular formula is C10H12BrF2NO2S. The molecule has 1 rings (SSSR count). The third kappa shape index (κ3) is 4.01. The normalized spacial score (nSPS) is 13.7. The topological polar surface area (TPSA) is 60.2 Å². The first-order valence-corrected chi connectivity index (χ1v) is 7.43. The highest BCUT2D eigenvalue weighted by Gasteiger charge is 2.21. The molecule has 1 atom stereocenters. The van der Waals surface area contributed by atoms with Crippen molar-refractivity contribution >= 4 is 25.8 Å². The molecule has 0 heterocycles. The van der Waals surface area contributed by atoms with Crippen molar-refractivity contribution < 1.29 is 17.2 Å². The van der Waals surface area contributed by atoms with E-state index >= 15 is 0 Å². The Balaban J connectivity index is 3.08. The van der Waals surface area contributed by atoms with E-state index in [1.54, 1.807) is 0 Å². The lowest BCUT2D eigenvalue weighted by Crippen LogP contribution is -2.27. The van der Waals surface area contributed by atoms with E-state index in [9.17, 15) is 17.2 Å². The molecule has 0 aliphatic heterocycles. The van der Waals surface area contributed by atoms with Crippen molar-refractivity contribution in [1.29, 1.82) is 0 Å². The van der Waals surface area contributed by atoms with E-state index in [-0.39, 0.29) is 10.2 Å². The van der Waals surface area contributed by atoms with Crippen LogP contribution in [0.2, 0.25) is 0 Å². The van der Waals surface area contributed by atoms with Crippen molar-refractivity contribution in [2.45, 2.75) is 18.7 Å². The Morgan fingerprint density at radius 2 is 2.00 bits per heavy atom. The van der Waals surface area contributed by atoms with Crippen LogP contribution < -0.4 is 5.73 Å². The molecule has 0 bridgehead atoms. The summed E-state index contributed by atoms with van der Waals surface area (Å²) < 4.78 is 50.1. The first kappa shape index (κ1) is 14.5. The van der Waals surface area contributed by atoms with Crippen molar-refractivity contribution in [1.82, 2.24) is 0 Å². The standard InChI is InChI=1S/C10H12BrF2NO2S/c1-6(14)4-17(15,16)5-7-9(12)3-2-8(11)10(7)13/h2-3,6H,4-5,14H2,1H3. The third-order valence-electron chi connectivity index (χ3n) is 2.02. The molecule has 2 N–H and O–H groups in total. The van der Waals surface area contributed by atoms with Crippen LogP contribution in [0.4, 0.5) is 8.78 Å². The molecule has 0 radical (unpaired) electrons. The zero-order chi connectivity index (χ0) is 13.2. The van der Waals surface area contributed by atoms with Gasteiger partial charge in [-0.05, 0) is 35.0 Å². The number of benzene rings is 1. The Morgan fingerprint density at radius 3 is 2.53 bits per heavy atom. The fourth-order valence-corrected chi connectivity index (χ4v) is 3.38. The van der Waals surface area contributed by atoms with Crippen LogP contribution in [0.1, 0.15) is 12.5 Å². The lowest BCUT2D eigenvalue weighted by atomic mass is 10.2. The van der Waals surface area contributed by atoms with Crippen molar-refractivity contribution in [2.75, 3.05) is 5.75 Å². The molecule has 0 aliphatic carbocycles. The maximum absolute atomic E-state index is 13.5. The van der Waals surface area contributed by atoms with Crippen LogP contribution in [0.5, 0.6) is 0 Å². The number of hydrogen-bond donors (Lipinski definition) is 1. The fraction of sp³-hybridized carbons (Fsp3) is 0.400. The Morgan fingerprint density at radius 1 is 1.41 bits per heavy atom. The number of hydrogen-bond acceptors (Lipinski definition) is 3. The average molecular weight is 328 g/mol. The van der Waals surface area contributed by atoms with Gasteiger partial charge in [0.1, 0.15) is 11.6 Å². The second-order valence-electron chi connectivity index (χ2n) is 3.85. The van der Waals surface area contributed by atoms with E-state index in [0.29, 0.717) is 0 Å². The van der Waals surface area contributed by atoms with E-state index in [1.165, 1.54) is 13.0 Å². The molecule has 1 aromatic rings. The van der Waals surface area contributed by atoms with Crippen molar-refractivity contribution in [3.05, 3.63) is 33.8 Å². The van der Waals surface area contributed by atoms with Crippen molar-refractivity contribution in [2.24, 2.45) is 5.73 Å². The fourth-order valence-electron chi connectivity index (χ4n) is 1.38. The van der Waals surface area contributed by atoms with Crippen molar-refractivity contribution in [3.8, 4) is 0 Å². The van der Waals surface area contributed by atoms with Crippen LogP contribution in [0.25, 0.3) is 0 Å². The van der Waals surface area contributed by atoms with Crippen LogP contribution in [0, 0.1) is 11.6 Å². The predicted octanol–water partition coefficient (Wildman–Crippen LogP) is 1.99. The predicted molar refractivity (Wildman–Crippen MR) is 65.2 cm³/mol. The summed E-state index contributed by atoms with van der Waals surface area (Å²) in [6.45, 7) is 1.52. The van der Waals surface area contributed by atoms with Gasteiger partial charge in [0.25, 0.3) is 0 Å². The first-order chi connectivity index (χ1) is 7.73. The zero-order valence-corrected chi connectivity index (χ0v) is 11.5. The molecule has 0 amide bonds. The number of sulfone groups is 1. The second kappa shape index (κ2) is 5.41. The average Bonchev–Trinajstić information content (AvgIpc) is 2.17. The van der Waals surface area contributed by atoms with Gasteiger partial charge in [-0.3, -0.25) is 0 Å². The lowest BCUT2D eigenvalue weighted by molar-refractivity contribution is 0.551. The highest BCUT2D eigenvalue weighted by atomic mass is 79.9. The van der Waals surface area contributed by atoms with Gasteiger partial charge in [0.15, 0.2) is 9.84 Å². The van der Waals surface area contributed by atoms with Gasteiger partial charge < -0.3 is 5.73 Å². The summed E-state index contributed by atoms with van der Waals surface area (Å²) in [6, 6.07) is 1.63. The van der Waals surface area contributed by atoms with Gasteiger partial charge in [-0.25, -0.2) is 17.2 Å². The third-order valence-corrected chi connectivity index (χ3v) is 4.39. The van der Waals surface area contributed by atoms with E-state index in [1.807, 2.05) is 0 Å². The van der Waals surface area contributed by atoms with Crippen LogP contribution in [0.15, 0.2) is 16.6 Å². The summed E-state index contributed by atoms with van der Waals surface area (Å²) >= 11 is 2.88. The first-order valence-electron chi connectivity index (χ1n) is 4.81. The Hall–Kier alpha value is -0.530. The molecule has 0 aliphatic rings. The minimum atomic E-state index is -3.62. The summed E-state index contributed by atoms with van der Waals surface area (Å²) in [5.74, 6) is -2.76. The summed E-state index contributed by atoms with van der Waals surface area (Å²) in [5.41, 5.74) is 4.90. The smallest absolute Gasteiger partial charge is 0.156 e. The summed E-state index contributed by atoms with van der Waals surface area (Å²) in [4.78, 5) is 0. The molecule has 0 saturated carbocycles. The largest absolute Gasteiger partial charge is 0.327 e. The van der Waals surface area contributed by atoms with E-state index in [2.05, 4.69) is 15.9 Å². The molecule has 17 heavy (non-hydrogen) atoms. The van der Waals surface area contributed by atoms with E-state index in [0.717, 1.165) is 6.07 Å². The highest BCUT2D eigenvalue weighted by molar-refractivity contribution is 9.10. The summed E-state index contributed by atoms with van der Waals surface area (Å²) in [7, 11) is -3.62. The van der Waals surface area contributed by atoms with Gasteiger partial charge in [0.2, 0.25) is 0 Å². The Kier molecular flexibility index (Phi) is 4.62. The van der Waals surface area contributed by atoms with Gasteiger partial charge in [-0.15, -0.1) is 0 Å². The van der Waals surface area contributed by atoms with Gasteiger partial charge >= 0.3 is 0 Å². The Labute approximate surface area is 107 Å². The van der Waals surface area contributed by atoms with Crippen molar-refractivity contribution in [3.63, 3.8) is 0 Å². The number of rotatable bonds is 4. The lowest BCUT2D eigenvalue weighted by Gasteiger charge is -2.09. The van der Waals surface area contributed by atoms with E-state index in [4.69, 9.17) is 5.73 Å². The number of nitrogens with two attached hydrogens (primary N) is 1. The molecule has 1 aromatic carbocycles. The molecule has 96 valence electrons. The minimum absolute atomic E-state index is 0.0323. The minimum Gasteiger partial charge on any atom is -0.327 e. The molecule has 7 heteroatoms. The van der Waals surface area contributed by atoms with Crippen LogP contribution in [0.3, 0.4) is 0 Å². The van der Waals surface area contributed by atoms with Crippen LogP contribution >= 0.6 is 15.9 Å². The van der Waals surface area contributed by atoms with Gasteiger partial charge in [-0.2, -0.15) is 0 Å². The number of halogens is 3. The Bertz CT molecular complexity index is 517. The molecule has 0 fully saturated rings. The molecule has 1 unspecified atom stereocenters. The maximum Gasteiger partial charge on any atom is 0.156 e. The molecule has 0 aromatic heterocycles. The van der Waals surface area contributed by atoms with Gasteiger partial charge in [0, 0.05) is 11.6 Å².